The number of hydrogen-bond donors (Lipinski definition) is 0. The fourth-order valence-electron chi connectivity index (χ4n) is 2.94. The molecular formula is C18H14B2I2O2-2. The number of fused-ring (bicyclic) bond motifs is 6. The number of hydrogen-bond acceptors (Lipinski definition) is 2. The molecule has 2 aliphatic rings. The van der Waals surface area contributed by atoms with Crippen molar-refractivity contribution < 1.29 is 51.9 Å². The minimum atomic E-state index is -1.33. The summed E-state index contributed by atoms with van der Waals surface area (Å²) in [5, 5.41) is 0.794. The van der Waals surface area contributed by atoms with E-state index in [2.05, 4.69) is 19.9 Å². The number of ether oxygens (including phenoxy) is 1. The molecule has 4 rings (SSSR count). The summed E-state index contributed by atoms with van der Waals surface area (Å²) in [4.78, 5) is 13.1. The molecule has 2 aromatic rings. The van der Waals surface area contributed by atoms with Gasteiger partial charge in [-0.25, -0.2) is 0 Å². The maximum atomic E-state index is 13.1. The summed E-state index contributed by atoms with van der Waals surface area (Å²) in [7, 11) is 11.9. The van der Waals surface area contributed by atoms with Gasteiger partial charge in [0.1, 0.15) is 0 Å². The molecule has 0 aromatic heterocycles. The van der Waals surface area contributed by atoms with E-state index >= 15 is 0 Å². The Hall–Kier alpha value is -0.500. The molecule has 0 fully saturated rings. The summed E-state index contributed by atoms with van der Waals surface area (Å²) < 4.78 is 8.74. The molecule has 0 spiro atoms. The van der Waals surface area contributed by atoms with Gasteiger partial charge in [0.25, 0.3) is 0 Å². The van der Waals surface area contributed by atoms with Crippen molar-refractivity contribution in [3.05, 3.63) is 45.0 Å². The van der Waals surface area contributed by atoms with Crippen molar-refractivity contribution in [1.82, 2.24) is 0 Å². The first-order valence-electron chi connectivity index (χ1n) is 7.62. The van der Waals surface area contributed by atoms with Crippen molar-refractivity contribution in [2.45, 2.75) is 22.7 Å². The van der Waals surface area contributed by atoms with Crippen molar-refractivity contribution in [3.63, 3.8) is 0 Å². The number of rotatable bonds is 0. The normalized spacial score (nSPS) is 21.5. The zero-order valence-electron chi connectivity index (χ0n) is 13.4. The average molecular weight is 538 g/mol. The fraction of sp³-hybridized carbons (Fsp3) is 0.278. The molecule has 0 unspecified atom stereocenters. The van der Waals surface area contributed by atoms with Crippen LogP contribution in [0.3, 0.4) is 0 Å². The van der Waals surface area contributed by atoms with Gasteiger partial charge in [-0.15, -0.1) is 0 Å². The molecule has 6 heteroatoms. The van der Waals surface area contributed by atoms with Crippen LogP contribution in [0, 0.1) is 3.57 Å². The molecule has 4 radical (unpaired) electrons. The van der Waals surface area contributed by atoms with Gasteiger partial charge < -0.3 is 0 Å². The van der Waals surface area contributed by atoms with E-state index in [1.54, 1.807) is 6.08 Å². The van der Waals surface area contributed by atoms with Crippen LogP contribution in [0.25, 0.3) is 16.8 Å². The quantitative estimate of drug-likeness (QED) is 0.151. The van der Waals surface area contributed by atoms with E-state index in [1.807, 2.05) is 24.3 Å². The molecule has 0 bridgehead atoms. The second-order valence-corrected chi connectivity index (χ2v) is 13.7. The SMILES string of the molecule is [B]C1([B])C=Cc2c3c(c4ccccc4c2O1)[I-]CC(C)(C)[I-]C3=O. The predicted octanol–water partition coefficient (Wildman–Crippen LogP) is -3.48. The molecule has 2 heterocycles. The summed E-state index contributed by atoms with van der Waals surface area (Å²) >= 11 is -0.810. The van der Waals surface area contributed by atoms with Crippen LogP contribution in [-0.2, 0) is 0 Å². The number of carbonyl (C=O) groups is 1. The second-order valence-electron chi connectivity index (χ2n) is 6.62. The zero-order valence-corrected chi connectivity index (χ0v) is 17.7. The van der Waals surface area contributed by atoms with Crippen LogP contribution in [0.15, 0.2) is 30.3 Å². The molecule has 0 saturated heterocycles. The van der Waals surface area contributed by atoms with E-state index in [4.69, 9.17) is 20.4 Å². The van der Waals surface area contributed by atoms with E-state index in [0.29, 0.717) is 9.54 Å². The minimum absolute atomic E-state index is 0.154. The Labute approximate surface area is 165 Å². The van der Waals surface area contributed by atoms with E-state index in [9.17, 15) is 4.79 Å². The third-order valence-corrected chi connectivity index (χ3v) is 12.5. The fourth-order valence-corrected chi connectivity index (χ4v) is 10.8. The van der Waals surface area contributed by atoms with Crippen LogP contribution >= 0.6 is 0 Å². The first kappa shape index (κ1) is 16.9. The van der Waals surface area contributed by atoms with Crippen molar-refractivity contribution in [2.75, 3.05) is 4.43 Å². The molecule has 0 amide bonds. The monoisotopic (exact) mass is 538 g/mol. The summed E-state index contributed by atoms with van der Waals surface area (Å²) in [6, 6.07) is 8.13. The van der Waals surface area contributed by atoms with Gasteiger partial charge in [-0.3, -0.25) is 0 Å². The van der Waals surface area contributed by atoms with Crippen LogP contribution in [0.5, 0.6) is 5.75 Å². The van der Waals surface area contributed by atoms with Gasteiger partial charge >= 0.3 is 166 Å². The van der Waals surface area contributed by atoms with Gasteiger partial charge in [0, 0.05) is 0 Å². The van der Waals surface area contributed by atoms with Crippen molar-refractivity contribution >= 4 is 36.3 Å². The molecule has 0 atom stereocenters. The number of benzene rings is 2. The van der Waals surface area contributed by atoms with Crippen molar-refractivity contribution in [3.8, 4) is 5.75 Å². The Morgan fingerprint density at radius 2 is 1.88 bits per heavy atom. The topological polar surface area (TPSA) is 26.3 Å². The van der Waals surface area contributed by atoms with Gasteiger partial charge in [-0.2, -0.15) is 0 Å². The second kappa shape index (κ2) is 5.76. The predicted molar refractivity (Wildman–Crippen MR) is 89.8 cm³/mol. The van der Waals surface area contributed by atoms with Gasteiger partial charge in [-0.1, -0.05) is 0 Å². The first-order chi connectivity index (χ1) is 11.3. The summed E-state index contributed by atoms with van der Waals surface area (Å²) in [5.74, 6) is 0.651. The van der Waals surface area contributed by atoms with E-state index < -0.39 is 26.6 Å². The van der Waals surface area contributed by atoms with Crippen LogP contribution in [0.2, 0.25) is 0 Å². The number of carbonyl (C=O) groups excluding carboxylic acids is 1. The molecule has 0 aliphatic carbocycles. The summed E-state index contributed by atoms with van der Waals surface area (Å²) in [6.07, 6.45) is 3.53. The van der Waals surface area contributed by atoms with E-state index in [-0.39, 0.29) is 24.6 Å². The third-order valence-electron chi connectivity index (χ3n) is 3.99. The average Bonchev–Trinajstić information content (AvgIpc) is 2.62. The Balaban J connectivity index is 2.08. The first-order valence-corrected chi connectivity index (χ1v) is 12.4. The Kier molecular flexibility index (Phi) is 4.06. The molecular weight excluding hydrogens is 524 g/mol. The summed E-state index contributed by atoms with van der Waals surface area (Å²) in [5.41, 5.74) is 1.75. The molecule has 24 heavy (non-hydrogen) atoms. The van der Waals surface area contributed by atoms with Gasteiger partial charge in [0.15, 0.2) is 0 Å². The maximum absolute atomic E-state index is 13.1. The van der Waals surface area contributed by atoms with E-state index in [0.717, 1.165) is 26.3 Å². The number of halogens is 2. The molecule has 2 aliphatic heterocycles. The van der Waals surface area contributed by atoms with Crippen LogP contribution in [-0.4, -0.2) is 32.7 Å². The third kappa shape index (κ3) is 2.83. The van der Waals surface area contributed by atoms with Crippen LogP contribution < -0.4 is 47.1 Å². The zero-order chi connectivity index (χ0) is 17.1. The Bertz CT molecular complexity index is 904. The molecule has 2 nitrogen and oxygen atoms in total. The van der Waals surface area contributed by atoms with Gasteiger partial charge in [0.05, 0.1) is 0 Å². The Morgan fingerprint density at radius 1 is 1.17 bits per heavy atom. The van der Waals surface area contributed by atoms with Crippen molar-refractivity contribution in [1.29, 1.82) is 0 Å². The molecule has 120 valence electrons. The summed E-state index contributed by atoms with van der Waals surface area (Å²) in [6.45, 7) is 4.46. The van der Waals surface area contributed by atoms with Crippen LogP contribution in [0.4, 0.5) is 0 Å². The Morgan fingerprint density at radius 3 is 2.62 bits per heavy atom. The molecule has 2 aromatic carbocycles. The molecule has 0 N–H and O–H groups in total. The van der Waals surface area contributed by atoms with Crippen LogP contribution in [0.1, 0.15) is 29.8 Å². The standard InChI is InChI=1S/C18H14B2I2O2/c1-17(2)9-21-14-10-5-3-4-6-11(10)15-12(13(14)16(23)22-17)7-8-18(19,20)24-15/h3-8H,9H2,1-2H3/q-2. The van der Waals surface area contributed by atoms with Crippen molar-refractivity contribution in [2.24, 2.45) is 0 Å². The van der Waals surface area contributed by atoms with Gasteiger partial charge in [-0.05, 0) is 0 Å². The number of alkyl halides is 2. The van der Waals surface area contributed by atoms with Gasteiger partial charge in [0.2, 0.25) is 0 Å². The molecule has 0 saturated carbocycles. The van der Waals surface area contributed by atoms with E-state index in [1.165, 1.54) is 3.57 Å².